The molecule has 0 bridgehead atoms. The molecule has 4 nitrogen and oxygen atoms in total. The zero-order valence-corrected chi connectivity index (χ0v) is 10.8. The minimum atomic E-state index is -0.542. The van der Waals surface area contributed by atoms with E-state index in [0.717, 1.165) is 25.9 Å². The Morgan fingerprint density at radius 3 is 2.56 bits per heavy atom. The maximum absolute atomic E-state index is 11.9. The van der Waals surface area contributed by atoms with Crippen molar-refractivity contribution in [2.75, 3.05) is 13.1 Å². The first-order chi connectivity index (χ1) is 7.25. The number of esters is 1. The quantitative estimate of drug-likeness (QED) is 0.693. The topological polar surface area (TPSA) is 64.3 Å². The molecule has 0 saturated carbocycles. The number of ether oxygens (including phenoxy) is 1. The number of carbonyl (C=O) groups excluding carboxylic acids is 1. The van der Waals surface area contributed by atoms with Crippen molar-refractivity contribution >= 4 is 5.97 Å². The molecule has 1 rings (SSSR count). The van der Waals surface area contributed by atoms with E-state index in [9.17, 15) is 4.79 Å². The molecule has 0 amide bonds. The van der Waals surface area contributed by atoms with Crippen molar-refractivity contribution in [3.63, 3.8) is 0 Å². The van der Waals surface area contributed by atoms with E-state index in [2.05, 4.69) is 5.32 Å². The van der Waals surface area contributed by atoms with Gasteiger partial charge in [-0.1, -0.05) is 6.92 Å². The number of hydrogen-bond donors (Lipinski definition) is 2. The van der Waals surface area contributed by atoms with Crippen LogP contribution in [0.3, 0.4) is 0 Å². The first kappa shape index (κ1) is 13.5. The Labute approximate surface area is 97.9 Å². The van der Waals surface area contributed by atoms with Crippen molar-refractivity contribution in [1.82, 2.24) is 5.32 Å². The van der Waals surface area contributed by atoms with Crippen LogP contribution in [-0.4, -0.2) is 30.7 Å². The van der Waals surface area contributed by atoms with Crippen molar-refractivity contribution in [2.45, 2.75) is 52.2 Å². The summed E-state index contributed by atoms with van der Waals surface area (Å²) in [7, 11) is 0. The van der Waals surface area contributed by atoms with E-state index in [4.69, 9.17) is 10.5 Å². The number of carbonyl (C=O) groups is 1. The van der Waals surface area contributed by atoms with Crippen LogP contribution in [-0.2, 0) is 9.53 Å². The fourth-order valence-corrected chi connectivity index (χ4v) is 1.99. The lowest BCUT2D eigenvalue weighted by Crippen LogP contribution is -2.54. The van der Waals surface area contributed by atoms with E-state index in [0.29, 0.717) is 0 Å². The van der Waals surface area contributed by atoms with Gasteiger partial charge in [-0.3, -0.25) is 4.79 Å². The minimum absolute atomic E-state index is 0.180. The fraction of sp³-hybridized carbons (Fsp3) is 0.917. The van der Waals surface area contributed by atoms with E-state index < -0.39 is 11.6 Å². The molecule has 0 aromatic rings. The monoisotopic (exact) mass is 228 g/mol. The highest BCUT2D eigenvalue weighted by atomic mass is 16.6. The molecule has 3 N–H and O–H groups in total. The van der Waals surface area contributed by atoms with Crippen LogP contribution in [0.2, 0.25) is 0 Å². The van der Waals surface area contributed by atoms with Crippen molar-refractivity contribution in [3.8, 4) is 0 Å². The summed E-state index contributed by atoms with van der Waals surface area (Å²) in [6, 6.07) is -0.542. The standard InChI is InChI=1S/C12H24N2O2/c1-11(2,3)16-10(15)9(13)12(4)6-5-7-14-8-12/h9,14H,5-8,13H2,1-4H3/t9-,12+/m1/s1. The third-order valence-corrected chi connectivity index (χ3v) is 3.04. The molecule has 0 aromatic heterocycles. The van der Waals surface area contributed by atoms with Gasteiger partial charge in [0.05, 0.1) is 0 Å². The van der Waals surface area contributed by atoms with Crippen LogP contribution >= 0.6 is 0 Å². The second-order valence-corrected chi connectivity index (χ2v) is 5.95. The third-order valence-electron chi connectivity index (χ3n) is 3.04. The summed E-state index contributed by atoms with van der Waals surface area (Å²) in [5.41, 5.74) is 5.37. The summed E-state index contributed by atoms with van der Waals surface area (Å²) in [4.78, 5) is 11.9. The van der Waals surface area contributed by atoms with E-state index >= 15 is 0 Å². The predicted octanol–water partition coefficient (Wildman–Crippen LogP) is 1.05. The Morgan fingerprint density at radius 2 is 2.12 bits per heavy atom. The van der Waals surface area contributed by atoms with Crippen molar-refractivity contribution < 1.29 is 9.53 Å². The molecule has 0 aromatic carbocycles. The van der Waals surface area contributed by atoms with Crippen LogP contribution in [0.5, 0.6) is 0 Å². The highest BCUT2D eigenvalue weighted by molar-refractivity contribution is 5.77. The first-order valence-corrected chi connectivity index (χ1v) is 5.94. The molecule has 2 atom stereocenters. The molecule has 0 radical (unpaired) electrons. The summed E-state index contributed by atoms with van der Waals surface area (Å²) in [6.45, 7) is 9.43. The minimum Gasteiger partial charge on any atom is -0.459 e. The molecule has 1 fully saturated rings. The number of nitrogens with one attached hydrogen (secondary N) is 1. The van der Waals surface area contributed by atoms with Gasteiger partial charge >= 0.3 is 5.97 Å². The van der Waals surface area contributed by atoms with E-state index in [1.165, 1.54) is 0 Å². The van der Waals surface area contributed by atoms with E-state index in [1.54, 1.807) is 0 Å². The van der Waals surface area contributed by atoms with Gasteiger partial charge < -0.3 is 15.8 Å². The SMILES string of the molecule is CC(C)(C)OC(=O)[C@@H](N)[C@@]1(C)CCCNC1. The Hall–Kier alpha value is -0.610. The van der Waals surface area contributed by atoms with Gasteiger partial charge in [-0.25, -0.2) is 0 Å². The van der Waals surface area contributed by atoms with Crippen LogP contribution in [0.4, 0.5) is 0 Å². The van der Waals surface area contributed by atoms with Crippen molar-refractivity contribution in [3.05, 3.63) is 0 Å². The molecule has 1 aliphatic rings. The first-order valence-electron chi connectivity index (χ1n) is 5.94. The highest BCUT2D eigenvalue weighted by Gasteiger charge is 2.39. The lowest BCUT2D eigenvalue weighted by Gasteiger charge is -2.38. The van der Waals surface area contributed by atoms with Crippen LogP contribution in [0.15, 0.2) is 0 Å². The van der Waals surface area contributed by atoms with Gasteiger partial charge in [0.25, 0.3) is 0 Å². The number of piperidine rings is 1. The highest BCUT2D eigenvalue weighted by Crippen LogP contribution is 2.29. The van der Waals surface area contributed by atoms with Gasteiger partial charge in [0, 0.05) is 12.0 Å². The molecular formula is C12H24N2O2. The molecular weight excluding hydrogens is 204 g/mol. The second kappa shape index (κ2) is 4.72. The summed E-state index contributed by atoms with van der Waals surface area (Å²) in [6.07, 6.45) is 2.04. The van der Waals surface area contributed by atoms with Crippen LogP contribution in [0.1, 0.15) is 40.5 Å². The van der Waals surface area contributed by atoms with Gasteiger partial charge in [-0.2, -0.15) is 0 Å². The second-order valence-electron chi connectivity index (χ2n) is 5.95. The van der Waals surface area contributed by atoms with Gasteiger partial charge in [0.1, 0.15) is 11.6 Å². The zero-order valence-electron chi connectivity index (χ0n) is 10.8. The van der Waals surface area contributed by atoms with Gasteiger partial charge in [-0.15, -0.1) is 0 Å². The molecule has 1 heterocycles. The van der Waals surface area contributed by atoms with Crippen molar-refractivity contribution in [2.24, 2.45) is 11.1 Å². The normalized spacial score (nSPS) is 28.6. The molecule has 0 spiro atoms. The molecule has 0 unspecified atom stereocenters. The maximum atomic E-state index is 11.9. The lowest BCUT2D eigenvalue weighted by molar-refractivity contribution is -0.160. The third kappa shape index (κ3) is 3.46. The van der Waals surface area contributed by atoms with Crippen LogP contribution in [0.25, 0.3) is 0 Å². The zero-order chi connectivity index (χ0) is 12.4. The average Bonchev–Trinajstić information content (AvgIpc) is 2.15. The fourth-order valence-electron chi connectivity index (χ4n) is 1.99. The van der Waals surface area contributed by atoms with Crippen LogP contribution in [0, 0.1) is 5.41 Å². The molecule has 0 aliphatic carbocycles. The number of hydrogen-bond acceptors (Lipinski definition) is 4. The summed E-state index contributed by atoms with van der Waals surface area (Å²) >= 11 is 0. The molecule has 4 heteroatoms. The smallest absolute Gasteiger partial charge is 0.324 e. The average molecular weight is 228 g/mol. The molecule has 94 valence electrons. The lowest BCUT2D eigenvalue weighted by atomic mass is 9.76. The van der Waals surface area contributed by atoms with E-state index in [1.807, 2.05) is 27.7 Å². The summed E-state index contributed by atoms with van der Waals surface area (Å²) in [5.74, 6) is -0.293. The molecule has 16 heavy (non-hydrogen) atoms. The Bertz CT molecular complexity index is 252. The Balaban J connectivity index is 2.61. The largest absolute Gasteiger partial charge is 0.459 e. The maximum Gasteiger partial charge on any atom is 0.324 e. The number of rotatable bonds is 2. The van der Waals surface area contributed by atoms with Gasteiger partial charge in [0.15, 0.2) is 0 Å². The van der Waals surface area contributed by atoms with Gasteiger partial charge in [-0.05, 0) is 40.2 Å². The Morgan fingerprint density at radius 1 is 1.50 bits per heavy atom. The summed E-state index contributed by atoms with van der Waals surface area (Å²) in [5, 5.41) is 3.29. The Kier molecular flexibility index (Phi) is 3.97. The molecule has 1 aliphatic heterocycles. The molecule has 1 saturated heterocycles. The predicted molar refractivity (Wildman–Crippen MR) is 64.0 cm³/mol. The summed E-state index contributed by atoms with van der Waals surface area (Å²) < 4.78 is 5.33. The number of nitrogens with two attached hydrogens (primary N) is 1. The van der Waals surface area contributed by atoms with Crippen LogP contribution < -0.4 is 11.1 Å². The van der Waals surface area contributed by atoms with Gasteiger partial charge in [0.2, 0.25) is 0 Å². The van der Waals surface area contributed by atoms with E-state index in [-0.39, 0.29) is 11.4 Å². The van der Waals surface area contributed by atoms with Crippen molar-refractivity contribution in [1.29, 1.82) is 0 Å².